The van der Waals surface area contributed by atoms with Gasteiger partial charge in [-0.25, -0.2) is 4.79 Å². The Morgan fingerprint density at radius 3 is 2.71 bits per heavy atom. The van der Waals surface area contributed by atoms with E-state index in [2.05, 4.69) is 0 Å². The monoisotopic (exact) mass is 192 g/mol. The topological polar surface area (TPSA) is 26.3 Å². The molecular weight excluding hydrogens is 176 g/mol. The summed E-state index contributed by atoms with van der Waals surface area (Å²) in [7, 11) is 0. The Labute approximate surface area is 84.9 Å². The van der Waals surface area contributed by atoms with E-state index >= 15 is 0 Å². The predicted molar refractivity (Wildman–Crippen MR) is 56.5 cm³/mol. The number of benzene rings is 1. The first-order valence-electron chi connectivity index (χ1n) is 4.90. The van der Waals surface area contributed by atoms with Crippen LogP contribution in [-0.4, -0.2) is 12.6 Å². The van der Waals surface area contributed by atoms with Crippen LogP contribution in [0.1, 0.15) is 34.8 Å². The van der Waals surface area contributed by atoms with Gasteiger partial charge < -0.3 is 4.74 Å². The second kappa shape index (κ2) is 4.80. The van der Waals surface area contributed by atoms with Crippen molar-refractivity contribution < 1.29 is 9.53 Å². The fourth-order valence-corrected chi connectivity index (χ4v) is 1.24. The van der Waals surface area contributed by atoms with Crippen LogP contribution in [0.4, 0.5) is 0 Å². The molecule has 0 bridgehead atoms. The van der Waals surface area contributed by atoms with E-state index in [4.69, 9.17) is 4.74 Å². The summed E-state index contributed by atoms with van der Waals surface area (Å²) in [6.07, 6.45) is 0.858. The van der Waals surface area contributed by atoms with Gasteiger partial charge in [0, 0.05) is 0 Å². The van der Waals surface area contributed by atoms with Crippen LogP contribution in [0, 0.1) is 13.8 Å². The molecule has 14 heavy (non-hydrogen) atoms. The lowest BCUT2D eigenvalue weighted by Gasteiger charge is -2.07. The van der Waals surface area contributed by atoms with E-state index in [0.29, 0.717) is 12.2 Å². The summed E-state index contributed by atoms with van der Waals surface area (Å²) in [5.41, 5.74) is 2.81. The average molecular weight is 192 g/mol. The Morgan fingerprint density at radius 1 is 1.36 bits per heavy atom. The minimum Gasteiger partial charge on any atom is -0.462 e. The molecule has 0 spiro atoms. The Balaban J connectivity index is 2.84. The maximum absolute atomic E-state index is 11.6. The Morgan fingerprint density at radius 2 is 2.07 bits per heavy atom. The largest absolute Gasteiger partial charge is 0.462 e. The zero-order valence-corrected chi connectivity index (χ0v) is 8.96. The first-order valence-corrected chi connectivity index (χ1v) is 4.90. The summed E-state index contributed by atoms with van der Waals surface area (Å²) in [6.45, 7) is 6.41. The van der Waals surface area contributed by atoms with Crippen molar-refractivity contribution >= 4 is 5.97 Å². The van der Waals surface area contributed by atoms with E-state index in [0.717, 1.165) is 17.5 Å². The Hall–Kier alpha value is -1.31. The second-order valence-electron chi connectivity index (χ2n) is 3.38. The second-order valence-corrected chi connectivity index (χ2v) is 3.38. The van der Waals surface area contributed by atoms with E-state index in [1.165, 1.54) is 0 Å². The molecule has 0 atom stereocenters. The molecule has 0 radical (unpaired) electrons. The Kier molecular flexibility index (Phi) is 3.69. The van der Waals surface area contributed by atoms with Gasteiger partial charge in [0.05, 0.1) is 12.2 Å². The van der Waals surface area contributed by atoms with Gasteiger partial charge in [0.2, 0.25) is 0 Å². The number of hydrogen-bond acceptors (Lipinski definition) is 2. The van der Waals surface area contributed by atoms with Gasteiger partial charge in [-0.05, 0) is 37.5 Å². The van der Waals surface area contributed by atoms with Crippen molar-refractivity contribution in [1.29, 1.82) is 0 Å². The number of hydrogen-bond donors (Lipinski definition) is 0. The van der Waals surface area contributed by atoms with Crippen molar-refractivity contribution in [2.75, 3.05) is 6.61 Å². The summed E-state index contributed by atoms with van der Waals surface area (Å²) in [5, 5.41) is 0. The first kappa shape index (κ1) is 10.8. The van der Waals surface area contributed by atoms with Crippen molar-refractivity contribution in [3.63, 3.8) is 0 Å². The molecule has 2 heteroatoms. The number of carbonyl (C=O) groups excluding carboxylic acids is 1. The van der Waals surface area contributed by atoms with E-state index in [1.807, 2.05) is 32.9 Å². The van der Waals surface area contributed by atoms with Gasteiger partial charge in [0.1, 0.15) is 0 Å². The van der Waals surface area contributed by atoms with Crippen LogP contribution in [-0.2, 0) is 4.74 Å². The summed E-state index contributed by atoms with van der Waals surface area (Å²) in [4.78, 5) is 11.6. The van der Waals surface area contributed by atoms with Gasteiger partial charge in [-0.2, -0.15) is 0 Å². The smallest absolute Gasteiger partial charge is 0.338 e. The fourth-order valence-electron chi connectivity index (χ4n) is 1.24. The highest BCUT2D eigenvalue weighted by atomic mass is 16.5. The molecule has 76 valence electrons. The first-order chi connectivity index (χ1) is 6.66. The molecule has 2 nitrogen and oxygen atoms in total. The summed E-state index contributed by atoms with van der Waals surface area (Å²) in [5.74, 6) is -0.215. The van der Waals surface area contributed by atoms with Crippen molar-refractivity contribution in [3.8, 4) is 0 Å². The summed E-state index contributed by atoms with van der Waals surface area (Å²) in [6, 6.07) is 5.68. The van der Waals surface area contributed by atoms with Crippen molar-refractivity contribution in [2.45, 2.75) is 27.2 Å². The minimum absolute atomic E-state index is 0.215. The van der Waals surface area contributed by atoms with Crippen LogP contribution < -0.4 is 0 Å². The third kappa shape index (κ3) is 2.34. The van der Waals surface area contributed by atoms with Crippen LogP contribution in [0.2, 0.25) is 0 Å². The number of esters is 1. The molecule has 0 N–H and O–H groups in total. The minimum atomic E-state index is -0.215. The van der Waals surface area contributed by atoms with Gasteiger partial charge >= 0.3 is 5.97 Å². The van der Waals surface area contributed by atoms with E-state index < -0.39 is 0 Å². The molecule has 0 unspecified atom stereocenters. The molecule has 0 amide bonds. The number of ether oxygens (including phenoxy) is 1. The van der Waals surface area contributed by atoms with E-state index in [9.17, 15) is 4.79 Å². The molecule has 0 aliphatic carbocycles. The molecular formula is C12H16O2. The third-order valence-corrected chi connectivity index (χ3v) is 2.26. The van der Waals surface area contributed by atoms with Crippen LogP contribution in [0.3, 0.4) is 0 Å². The van der Waals surface area contributed by atoms with E-state index in [-0.39, 0.29) is 5.97 Å². The van der Waals surface area contributed by atoms with Crippen LogP contribution in [0.15, 0.2) is 18.2 Å². The highest BCUT2D eigenvalue weighted by molar-refractivity contribution is 5.91. The predicted octanol–water partition coefficient (Wildman–Crippen LogP) is 2.87. The van der Waals surface area contributed by atoms with Crippen LogP contribution in [0.5, 0.6) is 0 Å². The lowest BCUT2D eigenvalue weighted by molar-refractivity contribution is 0.0504. The molecule has 0 saturated heterocycles. The molecule has 0 aliphatic heterocycles. The zero-order valence-electron chi connectivity index (χ0n) is 8.96. The van der Waals surface area contributed by atoms with Gasteiger partial charge in [0.15, 0.2) is 0 Å². The van der Waals surface area contributed by atoms with Crippen molar-refractivity contribution in [3.05, 3.63) is 34.9 Å². The standard InChI is InChI=1S/C12H16O2/c1-4-8-14-12(13)11-7-5-6-9(2)10(11)3/h5-7H,4,8H2,1-3H3. The zero-order chi connectivity index (χ0) is 10.6. The quantitative estimate of drug-likeness (QED) is 0.688. The normalized spacial score (nSPS) is 9.93. The highest BCUT2D eigenvalue weighted by Crippen LogP contribution is 2.13. The lowest BCUT2D eigenvalue weighted by Crippen LogP contribution is -2.08. The Bertz CT molecular complexity index is 329. The average Bonchev–Trinajstić information content (AvgIpc) is 2.18. The van der Waals surface area contributed by atoms with Crippen LogP contribution >= 0.6 is 0 Å². The number of rotatable bonds is 3. The van der Waals surface area contributed by atoms with Gasteiger partial charge in [-0.3, -0.25) is 0 Å². The molecule has 1 rings (SSSR count). The molecule has 0 aromatic heterocycles. The molecule has 0 fully saturated rings. The highest BCUT2D eigenvalue weighted by Gasteiger charge is 2.10. The lowest BCUT2D eigenvalue weighted by atomic mass is 10.0. The van der Waals surface area contributed by atoms with Gasteiger partial charge in [-0.1, -0.05) is 19.1 Å². The van der Waals surface area contributed by atoms with Crippen LogP contribution in [0.25, 0.3) is 0 Å². The summed E-state index contributed by atoms with van der Waals surface area (Å²) < 4.78 is 5.07. The van der Waals surface area contributed by atoms with Crippen molar-refractivity contribution in [2.24, 2.45) is 0 Å². The molecule has 0 heterocycles. The third-order valence-electron chi connectivity index (χ3n) is 2.26. The number of carbonyl (C=O) groups is 1. The van der Waals surface area contributed by atoms with Crippen molar-refractivity contribution in [1.82, 2.24) is 0 Å². The SMILES string of the molecule is CCCOC(=O)c1cccc(C)c1C. The number of aryl methyl sites for hydroxylation is 1. The van der Waals surface area contributed by atoms with Gasteiger partial charge in [-0.15, -0.1) is 0 Å². The van der Waals surface area contributed by atoms with Gasteiger partial charge in [0.25, 0.3) is 0 Å². The molecule has 0 aliphatic rings. The van der Waals surface area contributed by atoms with E-state index in [1.54, 1.807) is 6.07 Å². The fraction of sp³-hybridized carbons (Fsp3) is 0.417. The molecule has 1 aromatic rings. The molecule has 1 aromatic carbocycles. The summed E-state index contributed by atoms with van der Waals surface area (Å²) >= 11 is 0. The maximum Gasteiger partial charge on any atom is 0.338 e. The molecule has 0 saturated carbocycles. The maximum atomic E-state index is 11.6.